The Morgan fingerprint density at radius 3 is 2.76 bits per heavy atom. The van der Waals surface area contributed by atoms with Gasteiger partial charge in [-0.1, -0.05) is 30.3 Å². The molecule has 2 amide bonds. The number of carbonyl (C=O) groups excluding carboxylic acids is 2. The van der Waals surface area contributed by atoms with Crippen LogP contribution >= 0.6 is 0 Å². The fraction of sp³-hybridized carbons (Fsp3) is 0.333. The summed E-state index contributed by atoms with van der Waals surface area (Å²) < 4.78 is 3.57. The first-order valence-electron chi connectivity index (χ1n) is 9.74. The van der Waals surface area contributed by atoms with Crippen LogP contribution < -0.4 is 10.6 Å². The molecule has 3 aromatic rings. The Hall–Kier alpha value is -3.42. The molecule has 1 aliphatic heterocycles. The van der Waals surface area contributed by atoms with Crippen LogP contribution in [-0.2, 0) is 30.8 Å². The quantitative estimate of drug-likeness (QED) is 0.636. The molecule has 2 N–H and O–H groups in total. The highest BCUT2D eigenvalue weighted by atomic mass is 16.2. The number of benzene rings is 1. The highest BCUT2D eigenvalue weighted by Gasteiger charge is 2.28. The Kier molecular flexibility index (Phi) is 5.41. The normalized spacial score (nSPS) is 15.1. The molecule has 8 nitrogen and oxygen atoms in total. The minimum atomic E-state index is -0.142. The Morgan fingerprint density at radius 2 is 2.00 bits per heavy atom. The molecule has 0 radical (unpaired) electrons. The molecule has 0 aliphatic carbocycles. The van der Waals surface area contributed by atoms with E-state index in [1.165, 1.54) is 0 Å². The lowest BCUT2D eigenvalue weighted by atomic mass is 10.1. The Labute approximate surface area is 168 Å². The van der Waals surface area contributed by atoms with Crippen LogP contribution in [0.4, 0.5) is 0 Å². The van der Waals surface area contributed by atoms with Gasteiger partial charge in [0.1, 0.15) is 0 Å². The van der Waals surface area contributed by atoms with E-state index in [4.69, 9.17) is 0 Å². The molecule has 0 fully saturated rings. The van der Waals surface area contributed by atoms with Gasteiger partial charge >= 0.3 is 0 Å². The zero-order valence-electron chi connectivity index (χ0n) is 16.3. The van der Waals surface area contributed by atoms with Crippen molar-refractivity contribution in [3.63, 3.8) is 0 Å². The molecule has 1 unspecified atom stereocenters. The van der Waals surface area contributed by atoms with Crippen molar-refractivity contribution in [1.29, 1.82) is 0 Å². The molecule has 3 heterocycles. The molecule has 0 bridgehead atoms. The van der Waals surface area contributed by atoms with Gasteiger partial charge in [-0.15, -0.1) is 0 Å². The number of fused-ring (bicyclic) bond motifs is 1. The molecule has 1 atom stereocenters. The number of amides is 2. The summed E-state index contributed by atoms with van der Waals surface area (Å²) in [6, 6.07) is 9.73. The number of aromatic nitrogens is 4. The molecule has 8 heteroatoms. The molecular weight excluding hydrogens is 368 g/mol. The van der Waals surface area contributed by atoms with Crippen LogP contribution in [0, 0.1) is 6.92 Å². The molecule has 0 spiro atoms. The molecular formula is C21H24N6O2. The van der Waals surface area contributed by atoms with Crippen LogP contribution in [-0.4, -0.2) is 37.4 Å². The van der Waals surface area contributed by atoms with Gasteiger partial charge in [0.05, 0.1) is 36.2 Å². The fourth-order valence-corrected chi connectivity index (χ4v) is 3.55. The number of carbonyl (C=O) groups is 2. The van der Waals surface area contributed by atoms with Gasteiger partial charge in [0.25, 0.3) is 5.91 Å². The molecule has 1 aromatic carbocycles. The predicted molar refractivity (Wildman–Crippen MR) is 107 cm³/mol. The van der Waals surface area contributed by atoms with Crippen LogP contribution in [0.1, 0.15) is 33.6 Å². The van der Waals surface area contributed by atoms with Crippen LogP contribution in [0.15, 0.2) is 48.9 Å². The zero-order chi connectivity index (χ0) is 20.2. The molecule has 0 saturated carbocycles. The molecule has 1 aliphatic rings. The van der Waals surface area contributed by atoms with Gasteiger partial charge in [-0.25, -0.2) is 0 Å². The van der Waals surface area contributed by atoms with Crippen LogP contribution in [0.5, 0.6) is 0 Å². The van der Waals surface area contributed by atoms with Gasteiger partial charge in [-0.3, -0.25) is 19.0 Å². The van der Waals surface area contributed by atoms with E-state index in [-0.39, 0.29) is 17.9 Å². The van der Waals surface area contributed by atoms with Gasteiger partial charge < -0.3 is 10.6 Å². The summed E-state index contributed by atoms with van der Waals surface area (Å²) in [5.41, 5.74) is 3.56. The third-order valence-corrected chi connectivity index (χ3v) is 5.02. The second-order valence-corrected chi connectivity index (χ2v) is 7.35. The Morgan fingerprint density at radius 1 is 1.17 bits per heavy atom. The van der Waals surface area contributed by atoms with E-state index in [9.17, 15) is 9.59 Å². The molecule has 150 valence electrons. The number of rotatable bonds is 7. The summed E-state index contributed by atoms with van der Waals surface area (Å²) in [6.07, 6.45) is 6.26. The summed E-state index contributed by atoms with van der Waals surface area (Å²) in [5.74, 6) is -0.167. The standard InChI is InChI=1S/C21H24N6O2/c1-15-10-23-26(13-15)8-7-20(28)25-17-9-19-18(12-24-27(19)14-17)21(29)22-11-16-5-3-2-4-6-16/h2-6,10,12-13,17H,7-9,11,14H2,1H3,(H,22,29)(H,25,28). The maximum absolute atomic E-state index is 12.6. The maximum atomic E-state index is 12.6. The first-order chi connectivity index (χ1) is 14.1. The monoisotopic (exact) mass is 392 g/mol. The van der Waals surface area contributed by atoms with E-state index < -0.39 is 0 Å². The van der Waals surface area contributed by atoms with E-state index in [1.54, 1.807) is 21.8 Å². The summed E-state index contributed by atoms with van der Waals surface area (Å²) in [6.45, 7) is 3.56. The third kappa shape index (κ3) is 4.53. The lowest BCUT2D eigenvalue weighted by Crippen LogP contribution is -2.36. The highest BCUT2D eigenvalue weighted by Crippen LogP contribution is 2.19. The lowest BCUT2D eigenvalue weighted by molar-refractivity contribution is -0.122. The third-order valence-electron chi connectivity index (χ3n) is 5.02. The fourth-order valence-electron chi connectivity index (χ4n) is 3.55. The van der Waals surface area contributed by atoms with Crippen molar-refractivity contribution in [3.8, 4) is 0 Å². The van der Waals surface area contributed by atoms with Crippen LogP contribution in [0.2, 0.25) is 0 Å². The summed E-state index contributed by atoms with van der Waals surface area (Å²) in [7, 11) is 0. The van der Waals surface area contributed by atoms with E-state index in [0.717, 1.165) is 16.8 Å². The topological polar surface area (TPSA) is 93.8 Å². The second-order valence-electron chi connectivity index (χ2n) is 7.35. The van der Waals surface area contributed by atoms with Crippen molar-refractivity contribution in [2.24, 2.45) is 0 Å². The molecule has 0 saturated heterocycles. The average molecular weight is 392 g/mol. The molecule has 2 aromatic heterocycles. The summed E-state index contributed by atoms with van der Waals surface area (Å²) in [5, 5.41) is 14.5. The van der Waals surface area contributed by atoms with Gasteiger partial charge in [0.2, 0.25) is 5.91 Å². The maximum Gasteiger partial charge on any atom is 0.255 e. The zero-order valence-corrected chi connectivity index (χ0v) is 16.3. The smallest absolute Gasteiger partial charge is 0.255 e. The number of nitrogens with one attached hydrogen (secondary N) is 2. The highest BCUT2D eigenvalue weighted by molar-refractivity contribution is 5.95. The summed E-state index contributed by atoms with van der Waals surface area (Å²) in [4.78, 5) is 24.8. The van der Waals surface area contributed by atoms with Gasteiger partial charge in [-0.05, 0) is 18.1 Å². The number of aryl methyl sites for hydroxylation is 2. The van der Waals surface area contributed by atoms with Crippen molar-refractivity contribution in [1.82, 2.24) is 30.2 Å². The average Bonchev–Trinajstić information content (AvgIpc) is 3.41. The Bertz CT molecular complexity index is 1010. The SMILES string of the molecule is Cc1cnn(CCC(=O)NC2Cc3c(C(=O)NCc4ccccc4)cnn3C2)c1. The first kappa shape index (κ1) is 18.9. The van der Waals surface area contributed by atoms with Crippen molar-refractivity contribution in [2.45, 2.75) is 45.4 Å². The Balaban J connectivity index is 1.29. The largest absolute Gasteiger partial charge is 0.351 e. The molecule has 4 rings (SSSR count). The van der Waals surface area contributed by atoms with Crippen molar-refractivity contribution in [2.75, 3.05) is 0 Å². The van der Waals surface area contributed by atoms with E-state index in [0.29, 0.717) is 38.0 Å². The summed E-state index contributed by atoms with van der Waals surface area (Å²) >= 11 is 0. The number of hydrogen-bond acceptors (Lipinski definition) is 4. The van der Waals surface area contributed by atoms with E-state index in [2.05, 4.69) is 20.8 Å². The van der Waals surface area contributed by atoms with Gasteiger partial charge in [0.15, 0.2) is 0 Å². The molecule has 29 heavy (non-hydrogen) atoms. The number of nitrogens with zero attached hydrogens (tertiary/aromatic N) is 4. The van der Waals surface area contributed by atoms with Gasteiger partial charge in [-0.2, -0.15) is 10.2 Å². The van der Waals surface area contributed by atoms with E-state index in [1.807, 2.05) is 43.5 Å². The predicted octanol–water partition coefficient (Wildman–Crippen LogP) is 1.45. The van der Waals surface area contributed by atoms with Crippen molar-refractivity contribution >= 4 is 11.8 Å². The number of hydrogen-bond donors (Lipinski definition) is 2. The van der Waals surface area contributed by atoms with Crippen LogP contribution in [0.3, 0.4) is 0 Å². The lowest BCUT2D eigenvalue weighted by Gasteiger charge is -2.12. The van der Waals surface area contributed by atoms with Crippen molar-refractivity contribution < 1.29 is 9.59 Å². The van der Waals surface area contributed by atoms with E-state index >= 15 is 0 Å². The minimum Gasteiger partial charge on any atom is -0.351 e. The minimum absolute atomic E-state index is 0.0241. The van der Waals surface area contributed by atoms with Gasteiger partial charge in [0, 0.05) is 32.1 Å². The second kappa shape index (κ2) is 8.30. The van der Waals surface area contributed by atoms with Crippen molar-refractivity contribution in [3.05, 3.63) is 71.3 Å². The van der Waals surface area contributed by atoms with Crippen LogP contribution in [0.25, 0.3) is 0 Å². The first-order valence-corrected chi connectivity index (χ1v) is 9.74.